The largest absolute Gasteiger partial charge is 0.322 e. The molecule has 0 aliphatic carbocycles. The van der Waals surface area contributed by atoms with E-state index in [2.05, 4.69) is 0 Å². The normalized spacial score (nSPS) is 17.6. The average Bonchev–Trinajstić information content (AvgIpc) is 2.29. The van der Waals surface area contributed by atoms with Gasteiger partial charge >= 0.3 is 0 Å². The van der Waals surface area contributed by atoms with E-state index in [0.717, 1.165) is 5.56 Å². The van der Waals surface area contributed by atoms with Crippen LogP contribution in [0.3, 0.4) is 0 Å². The van der Waals surface area contributed by atoms with Crippen LogP contribution in [-0.2, 0) is 14.6 Å². The number of amides is 1. The summed E-state index contributed by atoms with van der Waals surface area (Å²) in [6.07, 6.45) is 0. The van der Waals surface area contributed by atoms with Crippen LogP contribution in [0, 0.1) is 6.92 Å². The second kappa shape index (κ2) is 4.12. The van der Waals surface area contributed by atoms with Crippen LogP contribution in [0.2, 0.25) is 0 Å². The number of hydrogen-bond donors (Lipinski definition) is 1. The Hall–Kier alpha value is -1.40. The van der Waals surface area contributed by atoms with Gasteiger partial charge in [0.05, 0.1) is 22.9 Å². The lowest BCUT2D eigenvalue weighted by Gasteiger charge is -2.30. The Balaban J connectivity index is 2.65. The second-order valence-corrected chi connectivity index (χ2v) is 6.07. The zero-order valence-corrected chi connectivity index (χ0v) is 10.3. The van der Waals surface area contributed by atoms with Gasteiger partial charge in [-0.1, -0.05) is 12.1 Å². The lowest BCUT2D eigenvalue weighted by atomic mass is 10.1. The third-order valence-corrected chi connectivity index (χ3v) is 4.58. The minimum Gasteiger partial charge on any atom is -0.322 e. The SMILES string of the molecule is Cc1cccc2c1N(C(=O)CN)CCS2(=O)=O. The van der Waals surface area contributed by atoms with Crippen LogP contribution in [0.4, 0.5) is 5.69 Å². The van der Waals surface area contributed by atoms with Crippen molar-refractivity contribution in [3.05, 3.63) is 23.8 Å². The molecular formula is C11H14N2O3S. The van der Waals surface area contributed by atoms with Crippen LogP contribution in [0.5, 0.6) is 0 Å². The van der Waals surface area contributed by atoms with Crippen molar-refractivity contribution in [3.8, 4) is 0 Å². The molecule has 0 unspecified atom stereocenters. The van der Waals surface area contributed by atoms with E-state index in [0.29, 0.717) is 5.69 Å². The number of nitrogens with zero attached hydrogens (tertiary/aromatic N) is 1. The van der Waals surface area contributed by atoms with Gasteiger partial charge in [0, 0.05) is 6.54 Å². The summed E-state index contributed by atoms with van der Waals surface area (Å²) >= 11 is 0. The molecule has 6 heteroatoms. The molecule has 0 aromatic heterocycles. The zero-order chi connectivity index (χ0) is 12.6. The van der Waals surface area contributed by atoms with Crippen molar-refractivity contribution >= 4 is 21.4 Å². The molecule has 1 aliphatic heterocycles. The number of nitrogens with two attached hydrogens (primary N) is 1. The minimum absolute atomic E-state index is 0.0464. The van der Waals surface area contributed by atoms with Crippen LogP contribution in [0.25, 0.3) is 0 Å². The molecule has 0 fully saturated rings. The highest BCUT2D eigenvalue weighted by atomic mass is 32.2. The Morgan fingerprint density at radius 2 is 2.18 bits per heavy atom. The highest BCUT2D eigenvalue weighted by Gasteiger charge is 2.31. The van der Waals surface area contributed by atoms with E-state index in [1.54, 1.807) is 19.1 Å². The maximum absolute atomic E-state index is 11.9. The van der Waals surface area contributed by atoms with E-state index in [1.165, 1.54) is 11.0 Å². The number of hydrogen-bond acceptors (Lipinski definition) is 4. The molecule has 2 N–H and O–H groups in total. The first kappa shape index (κ1) is 12.1. The molecule has 5 nitrogen and oxygen atoms in total. The van der Waals surface area contributed by atoms with E-state index >= 15 is 0 Å². The van der Waals surface area contributed by atoms with Gasteiger partial charge in [-0.2, -0.15) is 0 Å². The summed E-state index contributed by atoms with van der Waals surface area (Å²) in [6.45, 7) is 1.85. The molecule has 0 spiro atoms. The number of aryl methyl sites for hydroxylation is 1. The number of fused-ring (bicyclic) bond motifs is 1. The first-order valence-electron chi connectivity index (χ1n) is 5.30. The summed E-state index contributed by atoms with van der Waals surface area (Å²) in [5, 5.41) is 0. The molecule has 1 amide bonds. The van der Waals surface area contributed by atoms with E-state index in [9.17, 15) is 13.2 Å². The molecule has 92 valence electrons. The Labute approximate surface area is 100 Å². The van der Waals surface area contributed by atoms with Gasteiger partial charge in [-0.15, -0.1) is 0 Å². The molecule has 0 atom stereocenters. The fourth-order valence-electron chi connectivity index (χ4n) is 2.02. The standard InChI is InChI=1S/C11H14N2O3S/c1-8-3-2-4-9-11(8)13(10(14)7-12)5-6-17(9,15)16/h2-4H,5-7,12H2,1H3. The van der Waals surface area contributed by atoms with E-state index in [1.807, 2.05) is 0 Å². The second-order valence-electron chi connectivity index (χ2n) is 3.99. The van der Waals surface area contributed by atoms with Gasteiger partial charge < -0.3 is 10.6 Å². The number of para-hydroxylation sites is 1. The predicted molar refractivity (Wildman–Crippen MR) is 64.6 cm³/mol. The Morgan fingerprint density at radius 1 is 1.47 bits per heavy atom. The fraction of sp³-hybridized carbons (Fsp3) is 0.364. The van der Waals surface area contributed by atoms with Crippen LogP contribution >= 0.6 is 0 Å². The lowest BCUT2D eigenvalue weighted by molar-refractivity contribution is -0.117. The zero-order valence-electron chi connectivity index (χ0n) is 9.51. The van der Waals surface area contributed by atoms with Crippen LogP contribution in [0.1, 0.15) is 5.56 Å². The Morgan fingerprint density at radius 3 is 2.82 bits per heavy atom. The first-order valence-corrected chi connectivity index (χ1v) is 6.95. The average molecular weight is 254 g/mol. The predicted octanol–water partition coefficient (Wildman–Crippen LogP) is 0.0740. The number of anilines is 1. The molecule has 1 aromatic carbocycles. The molecule has 0 bridgehead atoms. The highest BCUT2D eigenvalue weighted by molar-refractivity contribution is 7.91. The molecule has 0 saturated carbocycles. The van der Waals surface area contributed by atoms with Crippen molar-refractivity contribution in [3.63, 3.8) is 0 Å². The van der Waals surface area contributed by atoms with Crippen molar-refractivity contribution in [2.75, 3.05) is 23.7 Å². The molecular weight excluding hydrogens is 240 g/mol. The molecule has 1 heterocycles. The number of benzene rings is 1. The summed E-state index contributed by atoms with van der Waals surface area (Å²) < 4.78 is 23.8. The van der Waals surface area contributed by atoms with E-state index in [-0.39, 0.29) is 29.6 Å². The van der Waals surface area contributed by atoms with Gasteiger partial charge in [-0.25, -0.2) is 8.42 Å². The number of sulfone groups is 1. The Bertz CT molecular complexity index is 566. The summed E-state index contributed by atoms with van der Waals surface area (Å²) in [4.78, 5) is 13.4. The molecule has 0 radical (unpaired) electrons. The maximum Gasteiger partial charge on any atom is 0.240 e. The van der Waals surface area contributed by atoms with Crippen molar-refractivity contribution in [2.45, 2.75) is 11.8 Å². The smallest absolute Gasteiger partial charge is 0.240 e. The molecule has 1 aliphatic rings. The van der Waals surface area contributed by atoms with Crippen molar-refractivity contribution in [1.29, 1.82) is 0 Å². The topological polar surface area (TPSA) is 80.5 Å². The fourth-order valence-corrected chi connectivity index (χ4v) is 3.52. The Kier molecular flexibility index (Phi) is 2.92. The quantitative estimate of drug-likeness (QED) is 0.769. The summed E-state index contributed by atoms with van der Waals surface area (Å²) in [7, 11) is -3.27. The van der Waals surface area contributed by atoms with E-state index < -0.39 is 9.84 Å². The van der Waals surface area contributed by atoms with Crippen LogP contribution < -0.4 is 10.6 Å². The number of rotatable bonds is 1. The third kappa shape index (κ3) is 1.94. The lowest BCUT2D eigenvalue weighted by Crippen LogP contribution is -2.43. The molecule has 1 aromatic rings. The van der Waals surface area contributed by atoms with Gasteiger partial charge in [0.15, 0.2) is 9.84 Å². The summed E-state index contributed by atoms with van der Waals surface area (Å²) in [5.41, 5.74) is 6.59. The van der Waals surface area contributed by atoms with Gasteiger partial charge in [0.2, 0.25) is 5.91 Å². The molecule has 17 heavy (non-hydrogen) atoms. The van der Waals surface area contributed by atoms with Gasteiger partial charge in [-0.05, 0) is 18.6 Å². The maximum atomic E-state index is 11.9. The van der Waals surface area contributed by atoms with Gasteiger partial charge in [0.25, 0.3) is 0 Å². The molecule has 2 rings (SSSR count). The van der Waals surface area contributed by atoms with Gasteiger partial charge in [0.1, 0.15) is 0 Å². The monoisotopic (exact) mass is 254 g/mol. The third-order valence-electron chi connectivity index (χ3n) is 2.87. The van der Waals surface area contributed by atoms with Crippen LogP contribution in [-0.4, -0.2) is 33.2 Å². The highest BCUT2D eigenvalue weighted by Crippen LogP contribution is 2.33. The first-order chi connectivity index (χ1) is 7.97. The summed E-state index contributed by atoms with van der Waals surface area (Å²) in [5.74, 6) is -0.301. The van der Waals surface area contributed by atoms with Crippen molar-refractivity contribution < 1.29 is 13.2 Å². The van der Waals surface area contributed by atoms with Crippen molar-refractivity contribution in [1.82, 2.24) is 0 Å². The minimum atomic E-state index is -3.27. The van der Waals surface area contributed by atoms with Gasteiger partial charge in [-0.3, -0.25) is 4.79 Å². The van der Waals surface area contributed by atoms with Crippen molar-refractivity contribution in [2.24, 2.45) is 5.73 Å². The number of carbonyl (C=O) groups is 1. The van der Waals surface area contributed by atoms with E-state index in [4.69, 9.17) is 5.73 Å². The summed E-state index contributed by atoms with van der Waals surface area (Å²) in [6, 6.07) is 5.01. The molecule has 0 saturated heterocycles. The van der Waals surface area contributed by atoms with Crippen LogP contribution in [0.15, 0.2) is 23.1 Å². The number of carbonyl (C=O) groups excluding carboxylic acids is 1.